The number of nitrogens with zero attached hydrogens (tertiary/aromatic N) is 1. The summed E-state index contributed by atoms with van der Waals surface area (Å²) in [6, 6.07) is 14.6. The first kappa shape index (κ1) is 15.8. The Kier molecular flexibility index (Phi) is 4.33. The van der Waals surface area contributed by atoms with Gasteiger partial charge in [-0.25, -0.2) is 0 Å². The fourth-order valence-electron chi connectivity index (χ4n) is 2.60. The smallest absolute Gasteiger partial charge is 0.258 e. The summed E-state index contributed by atoms with van der Waals surface area (Å²) in [4.78, 5) is 24.7. The molecule has 5 heteroatoms. The molecule has 1 aromatic heterocycles. The summed E-state index contributed by atoms with van der Waals surface area (Å²) < 4.78 is 6.56. The molecule has 1 N–H and O–H groups in total. The van der Waals surface area contributed by atoms with Crippen LogP contribution in [0.5, 0.6) is 5.75 Å². The van der Waals surface area contributed by atoms with Gasteiger partial charge in [-0.3, -0.25) is 9.59 Å². The average molecular weight is 322 g/mol. The Morgan fingerprint density at radius 1 is 1.17 bits per heavy atom. The van der Waals surface area contributed by atoms with Gasteiger partial charge < -0.3 is 14.6 Å². The number of fused-ring (bicyclic) bond motifs is 1. The van der Waals surface area contributed by atoms with Crippen molar-refractivity contribution in [3.05, 3.63) is 70.6 Å². The van der Waals surface area contributed by atoms with Crippen LogP contribution in [0.1, 0.15) is 5.56 Å². The van der Waals surface area contributed by atoms with Crippen molar-refractivity contribution in [1.29, 1.82) is 0 Å². The number of rotatable bonds is 4. The highest BCUT2D eigenvalue weighted by Gasteiger charge is 2.08. The molecule has 122 valence electrons. The quantitative estimate of drug-likeness (QED) is 0.803. The summed E-state index contributed by atoms with van der Waals surface area (Å²) in [5.41, 5.74) is 1.58. The molecule has 0 unspecified atom stereocenters. The SMILES string of the molecule is COc1ccc2c(=O)n(CC(=O)Nc3cccc(C)c3)ccc2c1. The molecule has 0 spiro atoms. The molecule has 0 bridgehead atoms. The van der Waals surface area contributed by atoms with E-state index in [0.29, 0.717) is 11.1 Å². The molecule has 0 radical (unpaired) electrons. The lowest BCUT2D eigenvalue weighted by Gasteiger charge is -2.09. The summed E-state index contributed by atoms with van der Waals surface area (Å²) in [7, 11) is 1.58. The maximum Gasteiger partial charge on any atom is 0.258 e. The summed E-state index contributed by atoms with van der Waals surface area (Å²) in [6.45, 7) is 1.92. The van der Waals surface area contributed by atoms with Crippen LogP contribution in [0, 0.1) is 6.92 Å². The Bertz CT molecular complexity index is 960. The topological polar surface area (TPSA) is 60.3 Å². The van der Waals surface area contributed by atoms with Crippen LogP contribution in [-0.4, -0.2) is 17.6 Å². The van der Waals surface area contributed by atoms with Crippen molar-refractivity contribution in [2.45, 2.75) is 13.5 Å². The molecule has 0 saturated heterocycles. The minimum atomic E-state index is -0.240. The Hall–Kier alpha value is -3.08. The number of hydrogen-bond donors (Lipinski definition) is 1. The summed E-state index contributed by atoms with van der Waals surface area (Å²) in [5, 5.41) is 4.15. The van der Waals surface area contributed by atoms with Gasteiger partial charge >= 0.3 is 0 Å². The second-order valence-corrected chi connectivity index (χ2v) is 5.62. The van der Waals surface area contributed by atoms with Gasteiger partial charge in [-0.2, -0.15) is 0 Å². The van der Waals surface area contributed by atoms with E-state index in [1.807, 2.05) is 31.2 Å². The molecule has 0 atom stereocenters. The molecule has 2 aromatic carbocycles. The number of ether oxygens (including phenoxy) is 1. The highest BCUT2D eigenvalue weighted by molar-refractivity contribution is 5.91. The van der Waals surface area contributed by atoms with E-state index < -0.39 is 0 Å². The van der Waals surface area contributed by atoms with Crippen LogP contribution < -0.4 is 15.6 Å². The Morgan fingerprint density at radius 3 is 2.75 bits per heavy atom. The number of amides is 1. The second-order valence-electron chi connectivity index (χ2n) is 5.62. The number of nitrogens with one attached hydrogen (secondary N) is 1. The molecule has 1 heterocycles. The van der Waals surface area contributed by atoms with E-state index in [1.54, 1.807) is 37.6 Å². The van der Waals surface area contributed by atoms with Crippen LogP contribution in [0.2, 0.25) is 0 Å². The first-order valence-electron chi connectivity index (χ1n) is 7.60. The standard InChI is InChI=1S/C19H18N2O3/c1-13-4-3-5-15(10-13)20-18(22)12-21-9-8-14-11-16(24-2)6-7-17(14)19(21)23/h3-11H,12H2,1-2H3,(H,20,22). The van der Waals surface area contributed by atoms with Gasteiger partial charge in [-0.15, -0.1) is 0 Å². The number of methoxy groups -OCH3 is 1. The van der Waals surface area contributed by atoms with Crippen molar-refractivity contribution in [3.63, 3.8) is 0 Å². The number of aromatic nitrogens is 1. The number of anilines is 1. The third-order valence-corrected chi connectivity index (χ3v) is 3.80. The number of carbonyl (C=O) groups is 1. The highest BCUT2D eigenvalue weighted by Crippen LogP contribution is 2.17. The van der Waals surface area contributed by atoms with Gasteiger partial charge in [-0.05, 0) is 54.3 Å². The Labute approximate surface area is 139 Å². The van der Waals surface area contributed by atoms with Crippen LogP contribution >= 0.6 is 0 Å². The van der Waals surface area contributed by atoms with Gasteiger partial charge in [0.1, 0.15) is 12.3 Å². The van der Waals surface area contributed by atoms with Crippen LogP contribution in [0.4, 0.5) is 5.69 Å². The van der Waals surface area contributed by atoms with E-state index >= 15 is 0 Å². The van der Waals surface area contributed by atoms with Crippen LogP contribution in [-0.2, 0) is 11.3 Å². The number of carbonyl (C=O) groups excluding carboxylic acids is 1. The van der Waals surface area contributed by atoms with Crippen LogP contribution in [0.3, 0.4) is 0 Å². The summed E-state index contributed by atoms with van der Waals surface area (Å²) in [5.74, 6) is 0.451. The van der Waals surface area contributed by atoms with Gasteiger partial charge in [0.2, 0.25) is 5.91 Å². The fourth-order valence-corrected chi connectivity index (χ4v) is 2.60. The number of pyridine rings is 1. The van der Waals surface area contributed by atoms with Gasteiger partial charge in [0.15, 0.2) is 0 Å². The van der Waals surface area contributed by atoms with Crippen molar-refractivity contribution in [2.75, 3.05) is 12.4 Å². The highest BCUT2D eigenvalue weighted by atomic mass is 16.5. The largest absolute Gasteiger partial charge is 0.497 e. The molecule has 0 aliphatic rings. The monoisotopic (exact) mass is 322 g/mol. The molecule has 5 nitrogen and oxygen atoms in total. The lowest BCUT2D eigenvalue weighted by molar-refractivity contribution is -0.116. The summed E-state index contributed by atoms with van der Waals surface area (Å²) >= 11 is 0. The normalized spacial score (nSPS) is 10.6. The van der Waals surface area contributed by atoms with Crippen molar-refractivity contribution in [1.82, 2.24) is 4.57 Å². The van der Waals surface area contributed by atoms with E-state index in [2.05, 4.69) is 5.32 Å². The van der Waals surface area contributed by atoms with Crippen LogP contribution in [0.25, 0.3) is 10.8 Å². The van der Waals surface area contributed by atoms with E-state index in [4.69, 9.17) is 4.74 Å². The van der Waals surface area contributed by atoms with Crippen molar-refractivity contribution in [3.8, 4) is 5.75 Å². The van der Waals surface area contributed by atoms with Crippen molar-refractivity contribution in [2.24, 2.45) is 0 Å². The third kappa shape index (κ3) is 3.30. The molecular formula is C19H18N2O3. The lowest BCUT2D eigenvalue weighted by atomic mass is 10.1. The van der Waals surface area contributed by atoms with Gasteiger partial charge in [0.05, 0.1) is 7.11 Å². The molecular weight excluding hydrogens is 304 g/mol. The van der Waals surface area contributed by atoms with Gasteiger partial charge in [-0.1, -0.05) is 12.1 Å². The number of hydrogen-bond acceptors (Lipinski definition) is 3. The Morgan fingerprint density at radius 2 is 2.00 bits per heavy atom. The maximum absolute atomic E-state index is 12.5. The fraction of sp³-hybridized carbons (Fsp3) is 0.158. The molecule has 0 aliphatic carbocycles. The van der Waals surface area contributed by atoms with Gasteiger partial charge in [0, 0.05) is 17.3 Å². The predicted octanol–water partition coefficient (Wildman–Crippen LogP) is 2.96. The van der Waals surface area contributed by atoms with Crippen LogP contribution in [0.15, 0.2) is 59.5 Å². The molecule has 3 aromatic rings. The first-order valence-corrected chi connectivity index (χ1v) is 7.60. The second kappa shape index (κ2) is 6.58. The first-order chi connectivity index (χ1) is 11.6. The minimum absolute atomic E-state index is 0.0330. The molecule has 3 rings (SSSR count). The molecule has 1 amide bonds. The third-order valence-electron chi connectivity index (χ3n) is 3.80. The zero-order valence-electron chi connectivity index (χ0n) is 13.6. The molecule has 0 aliphatic heterocycles. The molecule has 0 saturated carbocycles. The molecule has 0 fully saturated rings. The van der Waals surface area contributed by atoms with Crippen molar-refractivity contribution < 1.29 is 9.53 Å². The lowest BCUT2D eigenvalue weighted by Crippen LogP contribution is -2.27. The van der Waals surface area contributed by atoms with Crippen molar-refractivity contribution >= 4 is 22.4 Å². The molecule has 24 heavy (non-hydrogen) atoms. The predicted molar refractivity (Wildman–Crippen MR) is 94.6 cm³/mol. The average Bonchev–Trinajstić information content (AvgIpc) is 2.57. The van der Waals surface area contributed by atoms with E-state index in [-0.39, 0.29) is 18.0 Å². The number of benzene rings is 2. The van der Waals surface area contributed by atoms with E-state index in [0.717, 1.165) is 16.6 Å². The zero-order valence-corrected chi connectivity index (χ0v) is 13.6. The van der Waals surface area contributed by atoms with E-state index in [9.17, 15) is 9.59 Å². The number of aryl methyl sites for hydroxylation is 1. The Balaban J connectivity index is 1.83. The van der Waals surface area contributed by atoms with Gasteiger partial charge in [0.25, 0.3) is 5.56 Å². The van der Waals surface area contributed by atoms with E-state index in [1.165, 1.54) is 4.57 Å². The summed E-state index contributed by atoms with van der Waals surface area (Å²) in [6.07, 6.45) is 1.62. The zero-order chi connectivity index (χ0) is 17.1. The minimum Gasteiger partial charge on any atom is -0.497 e. The maximum atomic E-state index is 12.5.